The minimum atomic E-state index is 0.674. The van der Waals surface area contributed by atoms with E-state index in [2.05, 4.69) is 19.1 Å². The maximum absolute atomic E-state index is 10.0. The molecule has 0 radical (unpaired) electrons. The zero-order valence-electron chi connectivity index (χ0n) is 10.2. The van der Waals surface area contributed by atoms with E-state index < -0.39 is 0 Å². The van der Waals surface area contributed by atoms with Crippen LogP contribution < -0.4 is 0 Å². The summed E-state index contributed by atoms with van der Waals surface area (Å²) in [6, 6.07) is 0. The normalized spacial score (nSPS) is 11.0. The highest BCUT2D eigenvalue weighted by Gasteiger charge is 1.89. The predicted molar refractivity (Wildman–Crippen MR) is 67.0 cm³/mol. The van der Waals surface area contributed by atoms with Crippen LogP contribution in [0, 0.1) is 0 Å². The van der Waals surface area contributed by atoms with E-state index in [1.165, 1.54) is 51.4 Å². The van der Waals surface area contributed by atoms with Crippen LogP contribution in [-0.2, 0) is 4.79 Å². The average Bonchev–Trinajstić information content (AvgIpc) is 2.26. The average molecular weight is 210 g/mol. The van der Waals surface area contributed by atoms with Crippen LogP contribution in [0.5, 0.6) is 0 Å². The van der Waals surface area contributed by atoms with Crippen molar-refractivity contribution in [3.63, 3.8) is 0 Å². The van der Waals surface area contributed by atoms with Crippen molar-refractivity contribution in [3.8, 4) is 0 Å². The van der Waals surface area contributed by atoms with E-state index in [9.17, 15) is 4.79 Å². The molecule has 0 aliphatic rings. The van der Waals surface area contributed by atoms with Crippen LogP contribution in [0.3, 0.4) is 0 Å². The second-order valence-corrected chi connectivity index (χ2v) is 4.13. The first-order valence-electron chi connectivity index (χ1n) is 6.50. The lowest BCUT2D eigenvalue weighted by Crippen LogP contribution is -1.79. The lowest BCUT2D eigenvalue weighted by molar-refractivity contribution is -0.107. The SMILES string of the molecule is CCCCCCCCC/C=C\CCC=O. The van der Waals surface area contributed by atoms with Crippen LogP contribution in [0.2, 0.25) is 0 Å². The van der Waals surface area contributed by atoms with Gasteiger partial charge in [-0.15, -0.1) is 0 Å². The summed E-state index contributed by atoms with van der Waals surface area (Å²) in [6.45, 7) is 2.25. The molecule has 0 aromatic heterocycles. The van der Waals surface area contributed by atoms with Crippen LogP contribution in [0.25, 0.3) is 0 Å². The monoisotopic (exact) mass is 210 g/mol. The molecule has 0 N–H and O–H groups in total. The van der Waals surface area contributed by atoms with Gasteiger partial charge in [0.15, 0.2) is 0 Å². The minimum absolute atomic E-state index is 0.674. The maximum Gasteiger partial charge on any atom is 0.120 e. The third-order valence-electron chi connectivity index (χ3n) is 2.59. The standard InChI is InChI=1S/C14H26O/c1-2-3-4-5-6-7-8-9-10-11-12-13-14-15/h10-11,14H,2-9,12-13H2,1H3/b11-10-. The summed E-state index contributed by atoms with van der Waals surface area (Å²) >= 11 is 0. The van der Waals surface area contributed by atoms with Crippen LogP contribution in [-0.4, -0.2) is 6.29 Å². The van der Waals surface area contributed by atoms with Crippen molar-refractivity contribution in [3.05, 3.63) is 12.2 Å². The number of allylic oxidation sites excluding steroid dienone is 2. The summed E-state index contributed by atoms with van der Waals surface area (Å²) in [4.78, 5) is 10.0. The summed E-state index contributed by atoms with van der Waals surface area (Å²) in [5.41, 5.74) is 0. The Bertz CT molecular complexity index is 149. The van der Waals surface area contributed by atoms with Gasteiger partial charge in [-0.1, -0.05) is 57.6 Å². The molecule has 0 saturated heterocycles. The fourth-order valence-electron chi connectivity index (χ4n) is 1.62. The Morgan fingerprint density at radius 1 is 0.733 bits per heavy atom. The molecule has 0 bridgehead atoms. The van der Waals surface area contributed by atoms with Crippen LogP contribution in [0.4, 0.5) is 0 Å². The summed E-state index contributed by atoms with van der Waals surface area (Å²) < 4.78 is 0. The van der Waals surface area contributed by atoms with Gasteiger partial charge in [-0.3, -0.25) is 0 Å². The topological polar surface area (TPSA) is 17.1 Å². The smallest absolute Gasteiger partial charge is 0.120 e. The highest BCUT2D eigenvalue weighted by atomic mass is 16.1. The fourth-order valence-corrected chi connectivity index (χ4v) is 1.62. The van der Waals surface area contributed by atoms with Crippen molar-refractivity contribution >= 4 is 6.29 Å². The zero-order valence-corrected chi connectivity index (χ0v) is 10.2. The molecule has 0 spiro atoms. The van der Waals surface area contributed by atoms with Gasteiger partial charge in [-0.05, 0) is 19.3 Å². The van der Waals surface area contributed by atoms with Crippen molar-refractivity contribution in [1.82, 2.24) is 0 Å². The van der Waals surface area contributed by atoms with Crippen LogP contribution >= 0.6 is 0 Å². The Balaban J connectivity index is 2.97. The van der Waals surface area contributed by atoms with Gasteiger partial charge in [-0.2, -0.15) is 0 Å². The Kier molecular flexibility index (Phi) is 12.9. The molecule has 0 amide bonds. The minimum Gasteiger partial charge on any atom is -0.303 e. The number of rotatable bonds is 11. The second-order valence-electron chi connectivity index (χ2n) is 4.13. The molecule has 1 nitrogen and oxygen atoms in total. The molecule has 0 unspecified atom stereocenters. The van der Waals surface area contributed by atoms with Gasteiger partial charge in [0.2, 0.25) is 0 Å². The number of hydrogen-bond donors (Lipinski definition) is 0. The van der Waals surface area contributed by atoms with Gasteiger partial charge in [0.1, 0.15) is 6.29 Å². The summed E-state index contributed by atoms with van der Waals surface area (Å²) in [6.07, 6.45) is 17.7. The van der Waals surface area contributed by atoms with E-state index >= 15 is 0 Å². The van der Waals surface area contributed by atoms with Gasteiger partial charge in [0.05, 0.1) is 0 Å². The first-order valence-corrected chi connectivity index (χ1v) is 6.50. The molecule has 1 heteroatoms. The molecular weight excluding hydrogens is 184 g/mol. The maximum atomic E-state index is 10.0. The predicted octanol–water partition coefficient (Wildman–Crippen LogP) is 4.66. The molecule has 0 aliphatic carbocycles. The Labute approximate surface area is 95.0 Å². The summed E-state index contributed by atoms with van der Waals surface area (Å²) in [7, 11) is 0. The van der Waals surface area contributed by atoms with E-state index in [0.717, 1.165) is 12.7 Å². The van der Waals surface area contributed by atoms with E-state index in [1.54, 1.807) is 0 Å². The number of unbranched alkanes of at least 4 members (excludes halogenated alkanes) is 8. The number of hydrogen-bond acceptors (Lipinski definition) is 1. The quantitative estimate of drug-likeness (QED) is 0.275. The zero-order chi connectivity index (χ0) is 11.2. The molecular formula is C14H26O. The number of aldehydes is 1. The van der Waals surface area contributed by atoms with E-state index in [1.807, 2.05) is 0 Å². The van der Waals surface area contributed by atoms with Gasteiger partial charge in [-0.25, -0.2) is 0 Å². The molecule has 0 aromatic rings. The van der Waals surface area contributed by atoms with Gasteiger partial charge >= 0.3 is 0 Å². The highest BCUT2D eigenvalue weighted by Crippen LogP contribution is 2.08. The molecule has 0 aromatic carbocycles. The lowest BCUT2D eigenvalue weighted by atomic mass is 10.1. The molecule has 88 valence electrons. The third kappa shape index (κ3) is 13.4. The largest absolute Gasteiger partial charge is 0.303 e. The number of carbonyl (C=O) groups is 1. The van der Waals surface area contributed by atoms with Gasteiger partial charge in [0.25, 0.3) is 0 Å². The molecule has 0 heterocycles. The Hall–Kier alpha value is -0.590. The van der Waals surface area contributed by atoms with E-state index in [4.69, 9.17) is 0 Å². The molecule has 0 aliphatic heterocycles. The van der Waals surface area contributed by atoms with Crippen molar-refractivity contribution in [1.29, 1.82) is 0 Å². The van der Waals surface area contributed by atoms with Crippen molar-refractivity contribution < 1.29 is 4.79 Å². The van der Waals surface area contributed by atoms with Gasteiger partial charge in [0, 0.05) is 6.42 Å². The molecule has 0 rings (SSSR count). The van der Waals surface area contributed by atoms with Crippen molar-refractivity contribution in [2.75, 3.05) is 0 Å². The van der Waals surface area contributed by atoms with Crippen molar-refractivity contribution in [2.24, 2.45) is 0 Å². The van der Waals surface area contributed by atoms with Gasteiger partial charge < -0.3 is 4.79 Å². The lowest BCUT2D eigenvalue weighted by Gasteiger charge is -1.98. The van der Waals surface area contributed by atoms with Crippen LogP contribution in [0.15, 0.2) is 12.2 Å². The molecule has 15 heavy (non-hydrogen) atoms. The van der Waals surface area contributed by atoms with E-state index in [-0.39, 0.29) is 0 Å². The molecule has 0 saturated carbocycles. The fraction of sp³-hybridized carbons (Fsp3) is 0.786. The number of carbonyl (C=O) groups excluding carboxylic acids is 1. The molecule has 0 fully saturated rings. The highest BCUT2D eigenvalue weighted by molar-refractivity contribution is 5.49. The van der Waals surface area contributed by atoms with Crippen LogP contribution in [0.1, 0.15) is 71.1 Å². The third-order valence-corrected chi connectivity index (χ3v) is 2.59. The Morgan fingerprint density at radius 3 is 2.00 bits per heavy atom. The Morgan fingerprint density at radius 2 is 1.33 bits per heavy atom. The van der Waals surface area contributed by atoms with Crippen molar-refractivity contribution in [2.45, 2.75) is 71.1 Å². The summed E-state index contributed by atoms with van der Waals surface area (Å²) in [5.74, 6) is 0. The first-order chi connectivity index (χ1) is 7.41. The first kappa shape index (κ1) is 14.4. The summed E-state index contributed by atoms with van der Waals surface area (Å²) in [5, 5.41) is 0. The molecule has 0 atom stereocenters. The second kappa shape index (κ2) is 13.4. The van der Waals surface area contributed by atoms with E-state index in [0.29, 0.717) is 6.42 Å².